The van der Waals surface area contributed by atoms with Crippen LogP contribution >= 0.6 is 0 Å². The fraction of sp³-hybridized carbons (Fsp3) is 0.0500. The summed E-state index contributed by atoms with van der Waals surface area (Å²) in [6.45, 7) is 12.0. The van der Waals surface area contributed by atoms with E-state index in [9.17, 15) is 0 Å². The lowest BCUT2D eigenvalue weighted by Crippen LogP contribution is -2.08. The molecular weight excluding hydrogens is 791 g/mol. The van der Waals surface area contributed by atoms with Crippen molar-refractivity contribution >= 4 is 61.5 Å². The number of fused-ring (bicyclic) bond motifs is 6. The van der Waals surface area contributed by atoms with Crippen LogP contribution in [0.4, 0.5) is 0 Å². The zero-order valence-electron chi connectivity index (χ0n) is 36.7. The van der Waals surface area contributed by atoms with Crippen LogP contribution < -0.4 is 5.73 Å². The number of nitrogens with zero attached hydrogens (tertiary/aromatic N) is 2. The quantitative estimate of drug-likeness (QED) is 0.0880. The van der Waals surface area contributed by atoms with E-state index >= 15 is 0 Å². The van der Waals surface area contributed by atoms with Crippen molar-refractivity contribution < 1.29 is 0 Å². The highest BCUT2D eigenvalue weighted by Gasteiger charge is 2.16. The molecule has 1 atom stereocenters. The molecule has 0 radical (unpaired) electrons. The number of benzene rings is 7. The van der Waals surface area contributed by atoms with Gasteiger partial charge in [-0.3, -0.25) is 0 Å². The lowest BCUT2D eigenvalue weighted by Gasteiger charge is -2.13. The van der Waals surface area contributed by atoms with Crippen molar-refractivity contribution in [3.63, 3.8) is 0 Å². The molecule has 4 N–H and O–H groups in total. The Balaban J connectivity index is 0.000000347. The van der Waals surface area contributed by atoms with Crippen LogP contribution in [0.2, 0.25) is 0 Å². The minimum absolute atomic E-state index is 0.346. The molecule has 10 rings (SSSR count). The van der Waals surface area contributed by atoms with Crippen molar-refractivity contribution in [1.29, 1.82) is 5.41 Å². The molecule has 1 unspecified atom stereocenters. The average molecular weight is 842 g/mol. The molecule has 0 spiro atoms. The van der Waals surface area contributed by atoms with Crippen molar-refractivity contribution in [2.75, 3.05) is 0 Å². The molecule has 0 saturated heterocycles. The van der Waals surface area contributed by atoms with Gasteiger partial charge in [-0.1, -0.05) is 165 Å². The van der Waals surface area contributed by atoms with Crippen LogP contribution in [-0.2, 0) is 0 Å². The first kappa shape index (κ1) is 42.1. The van der Waals surface area contributed by atoms with E-state index in [0.29, 0.717) is 5.71 Å². The zero-order valence-corrected chi connectivity index (χ0v) is 36.7. The van der Waals surface area contributed by atoms with Crippen LogP contribution in [0.25, 0.3) is 78.3 Å². The Hall–Kier alpha value is -8.25. The number of H-pyrrole nitrogens is 1. The van der Waals surface area contributed by atoms with Gasteiger partial charge in [0.05, 0.1) is 16.7 Å². The molecule has 5 nitrogen and oxygen atoms in total. The van der Waals surface area contributed by atoms with Crippen LogP contribution in [0.1, 0.15) is 39.7 Å². The van der Waals surface area contributed by atoms with Crippen molar-refractivity contribution in [1.82, 2.24) is 14.1 Å². The lowest BCUT2D eigenvalue weighted by atomic mass is 10.00. The summed E-state index contributed by atoms with van der Waals surface area (Å²) in [5, 5.41) is 13.9. The van der Waals surface area contributed by atoms with Gasteiger partial charge in [-0.05, 0) is 108 Å². The van der Waals surface area contributed by atoms with E-state index in [1.807, 2.05) is 36.4 Å². The van der Waals surface area contributed by atoms with Crippen molar-refractivity contribution in [3.8, 4) is 22.5 Å². The topological polar surface area (TPSA) is 75.5 Å². The van der Waals surface area contributed by atoms with Gasteiger partial charge >= 0.3 is 0 Å². The first-order valence-corrected chi connectivity index (χ1v) is 21.9. The van der Waals surface area contributed by atoms with Gasteiger partial charge in [-0.2, -0.15) is 0 Å². The minimum Gasteiger partial charge on any atom is -0.355 e. The van der Waals surface area contributed by atoms with E-state index in [-0.39, 0.29) is 6.04 Å². The molecule has 65 heavy (non-hydrogen) atoms. The Labute approximate surface area is 380 Å². The molecule has 7 aromatic carbocycles. The second kappa shape index (κ2) is 18.6. The van der Waals surface area contributed by atoms with Crippen LogP contribution in [0.5, 0.6) is 0 Å². The maximum absolute atomic E-state index is 8.90. The molecule has 0 bridgehead atoms. The highest BCUT2D eigenvalue weighted by molar-refractivity contribution is 6.10. The van der Waals surface area contributed by atoms with E-state index in [1.54, 1.807) is 12.2 Å². The number of aromatic amines is 1. The molecule has 5 heteroatoms. The first-order chi connectivity index (χ1) is 31.8. The molecule has 0 aliphatic carbocycles. The fourth-order valence-corrected chi connectivity index (χ4v) is 8.77. The molecule has 10 aromatic rings. The maximum atomic E-state index is 8.90. The summed E-state index contributed by atoms with van der Waals surface area (Å²) < 4.78 is 4.55. The number of nitrogens with one attached hydrogen (secondary N) is 2. The molecule has 3 aromatic heterocycles. The predicted octanol–water partition coefficient (Wildman–Crippen LogP) is 15.2. The lowest BCUT2D eigenvalue weighted by molar-refractivity contribution is 0.912. The third-order valence-electron chi connectivity index (χ3n) is 12.2. The fourth-order valence-electron chi connectivity index (χ4n) is 8.77. The molecule has 0 aliphatic heterocycles. The molecule has 0 saturated carbocycles. The van der Waals surface area contributed by atoms with Gasteiger partial charge < -0.3 is 25.3 Å². The van der Waals surface area contributed by atoms with Gasteiger partial charge in [0.1, 0.15) is 0 Å². The van der Waals surface area contributed by atoms with E-state index in [4.69, 9.17) is 11.1 Å². The highest BCUT2D eigenvalue weighted by Crippen LogP contribution is 2.33. The van der Waals surface area contributed by atoms with E-state index in [2.05, 4.69) is 211 Å². The zero-order chi connectivity index (χ0) is 44.9. The molecule has 316 valence electrons. The monoisotopic (exact) mass is 841 g/mol. The normalized spacial score (nSPS) is 12.2. The van der Waals surface area contributed by atoms with E-state index < -0.39 is 0 Å². The molecule has 3 heterocycles. The Kier molecular flexibility index (Phi) is 12.0. The molecule has 0 amide bonds. The van der Waals surface area contributed by atoms with Crippen LogP contribution in [0.3, 0.4) is 0 Å². The minimum atomic E-state index is -0.346. The van der Waals surface area contributed by atoms with Gasteiger partial charge in [0.25, 0.3) is 0 Å². The van der Waals surface area contributed by atoms with Gasteiger partial charge in [0.2, 0.25) is 0 Å². The summed E-state index contributed by atoms with van der Waals surface area (Å²) >= 11 is 0. The summed E-state index contributed by atoms with van der Waals surface area (Å²) in [6, 6.07) is 58.5. The Bertz CT molecular complexity index is 3310. The molecular formula is C60H51N5. The Morgan fingerprint density at radius 1 is 0.554 bits per heavy atom. The molecule has 0 fully saturated rings. The standard InChI is InChI=1S/C48H42N4.C12H9N/c1-5-7-18-45-33(3)34(4)46(19-8-6-2)51(45)39-28-26-36(27-29-39)35-22-24-37(25-23-35)43(49)30-31-44(50)38-14-13-15-40(32-38)52-47-20-11-9-16-41(47)42-17-10-12-21-48(42)52;1-3-7-11-9(5-1)10-6-2-4-8-12(10)13-11/h5-32,43,50H,1-2,49H2,3-4H3;1-8,13H/b18-7-,19-8-,31-30-,50-44?;. The second-order valence-corrected chi connectivity index (χ2v) is 16.1. The third-order valence-corrected chi connectivity index (χ3v) is 12.2. The smallest absolute Gasteiger partial charge is 0.0610 e. The number of hydrogen-bond donors (Lipinski definition) is 3. The summed E-state index contributed by atoms with van der Waals surface area (Å²) in [7, 11) is 0. The number of nitrogens with two attached hydrogens (primary N) is 1. The number of rotatable bonds is 11. The second-order valence-electron chi connectivity index (χ2n) is 16.1. The Morgan fingerprint density at radius 3 is 1.58 bits per heavy atom. The SMILES string of the molecule is C=C/C=C\c1c(C)c(C)c(/C=C\C=C)n1-c1ccc(-c2ccc(C(N)/C=C\C(=N)c3cccc(-n4c5ccccc5c5ccccc54)c3)cc2)cc1.c1ccc2c(c1)[nH]c1ccccc12. The third kappa shape index (κ3) is 8.37. The summed E-state index contributed by atoms with van der Waals surface area (Å²) in [5.74, 6) is 0. The molecule has 0 aliphatic rings. The van der Waals surface area contributed by atoms with Crippen molar-refractivity contribution in [2.24, 2.45) is 5.73 Å². The van der Waals surface area contributed by atoms with Crippen molar-refractivity contribution in [2.45, 2.75) is 19.9 Å². The number of para-hydroxylation sites is 4. The van der Waals surface area contributed by atoms with Crippen LogP contribution in [0.15, 0.2) is 219 Å². The van der Waals surface area contributed by atoms with E-state index in [0.717, 1.165) is 56.0 Å². The van der Waals surface area contributed by atoms with Gasteiger partial charge in [-0.15, -0.1) is 0 Å². The van der Waals surface area contributed by atoms with E-state index in [1.165, 1.54) is 43.7 Å². The summed E-state index contributed by atoms with van der Waals surface area (Å²) in [6.07, 6.45) is 15.5. The Morgan fingerprint density at radius 2 is 1.05 bits per heavy atom. The number of allylic oxidation sites excluding steroid dienone is 5. The summed E-state index contributed by atoms with van der Waals surface area (Å²) in [4.78, 5) is 3.38. The van der Waals surface area contributed by atoms with Crippen molar-refractivity contribution in [3.05, 3.63) is 253 Å². The average Bonchev–Trinajstić information content (AvgIpc) is 3.98. The number of aromatic nitrogens is 3. The van der Waals surface area contributed by atoms with Crippen LogP contribution in [0, 0.1) is 19.3 Å². The predicted molar refractivity (Wildman–Crippen MR) is 279 cm³/mol. The first-order valence-electron chi connectivity index (χ1n) is 21.9. The van der Waals surface area contributed by atoms with Gasteiger partial charge in [0.15, 0.2) is 0 Å². The maximum Gasteiger partial charge on any atom is 0.0610 e. The summed E-state index contributed by atoms with van der Waals surface area (Å²) in [5.41, 5.74) is 22.6. The van der Waals surface area contributed by atoms with Crippen LogP contribution in [-0.4, -0.2) is 19.8 Å². The van der Waals surface area contributed by atoms with Gasteiger partial charge in [-0.25, -0.2) is 0 Å². The van der Waals surface area contributed by atoms with Gasteiger partial charge in [0, 0.05) is 66.9 Å². The largest absolute Gasteiger partial charge is 0.355 e. The highest BCUT2D eigenvalue weighted by atomic mass is 15.0. The number of hydrogen-bond acceptors (Lipinski definition) is 2.